The fourth-order valence-electron chi connectivity index (χ4n) is 3.18. The number of rotatable bonds is 4. The Kier molecular flexibility index (Phi) is 3.85. The summed E-state index contributed by atoms with van der Waals surface area (Å²) in [6.07, 6.45) is 8.68. The highest BCUT2D eigenvalue weighted by molar-refractivity contribution is 5.90. The van der Waals surface area contributed by atoms with Crippen molar-refractivity contribution >= 4 is 5.97 Å². The summed E-state index contributed by atoms with van der Waals surface area (Å²) in [5.74, 6) is -0.247. The molecule has 3 heterocycles. The molecule has 2 saturated heterocycles. The topological polar surface area (TPSA) is 56.1 Å². The largest absolute Gasteiger partial charge is 0.456 e. The van der Waals surface area contributed by atoms with E-state index in [1.165, 1.54) is 5.56 Å². The molecule has 114 valence electrons. The fourth-order valence-corrected chi connectivity index (χ4v) is 3.18. The van der Waals surface area contributed by atoms with Gasteiger partial charge >= 0.3 is 5.97 Å². The number of aryl methyl sites for hydroxylation is 1. The monoisotopic (exact) mass is 289 g/mol. The quantitative estimate of drug-likeness (QED) is 0.680. The first kappa shape index (κ1) is 14.3. The van der Waals surface area contributed by atoms with E-state index in [0.29, 0.717) is 18.0 Å². The number of cyclic esters (lactones) is 1. The first-order valence-corrected chi connectivity index (χ1v) is 7.71. The van der Waals surface area contributed by atoms with Crippen molar-refractivity contribution in [3.8, 4) is 0 Å². The molecule has 21 heavy (non-hydrogen) atoms. The van der Waals surface area contributed by atoms with Gasteiger partial charge in [-0.2, -0.15) is 5.10 Å². The lowest BCUT2D eigenvalue weighted by molar-refractivity contribution is -0.145. The van der Waals surface area contributed by atoms with Crippen LogP contribution in [0.15, 0.2) is 24.5 Å². The Hall–Kier alpha value is -1.62. The van der Waals surface area contributed by atoms with E-state index in [1.54, 1.807) is 0 Å². The Bertz CT molecular complexity index is 527. The molecule has 3 rings (SSSR count). The molecule has 0 spiro atoms. The van der Waals surface area contributed by atoms with Gasteiger partial charge in [0.25, 0.3) is 0 Å². The van der Waals surface area contributed by atoms with Gasteiger partial charge in [-0.05, 0) is 51.3 Å². The van der Waals surface area contributed by atoms with E-state index in [-0.39, 0.29) is 5.97 Å². The van der Waals surface area contributed by atoms with E-state index in [1.807, 2.05) is 13.1 Å². The maximum Gasteiger partial charge on any atom is 0.334 e. The van der Waals surface area contributed by atoms with Gasteiger partial charge in [0.05, 0.1) is 12.2 Å². The molecule has 2 aliphatic rings. The van der Waals surface area contributed by atoms with Crippen molar-refractivity contribution in [2.45, 2.75) is 50.7 Å². The predicted molar refractivity (Wildman–Crippen MR) is 79.9 cm³/mol. The SMILES string of the molecule is C=C1C[C@@](C)(CCc2cnn(C3CCNCC3)c2)OC1=O. The molecule has 0 bridgehead atoms. The Morgan fingerprint density at radius 3 is 2.95 bits per heavy atom. The predicted octanol–water partition coefficient (Wildman–Crippen LogP) is 2.00. The van der Waals surface area contributed by atoms with Gasteiger partial charge in [0.1, 0.15) is 5.60 Å². The number of aromatic nitrogens is 2. The van der Waals surface area contributed by atoms with Gasteiger partial charge in [0.2, 0.25) is 0 Å². The Labute approximate surface area is 125 Å². The summed E-state index contributed by atoms with van der Waals surface area (Å²) in [6, 6.07) is 0.514. The van der Waals surface area contributed by atoms with Gasteiger partial charge in [-0.3, -0.25) is 4.68 Å². The molecule has 0 radical (unpaired) electrons. The molecule has 0 aromatic carbocycles. The lowest BCUT2D eigenvalue weighted by Gasteiger charge is -2.23. The van der Waals surface area contributed by atoms with Crippen LogP contribution >= 0.6 is 0 Å². The van der Waals surface area contributed by atoms with Crippen molar-refractivity contribution in [3.63, 3.8) is 0 Å². The highest BCUT2D eigenvalue weighted by Gasteiger charge is 2.38. The lowest BCUT2D eigenvalue weighted by Crippen LogP contribution is -2.29. The standard InChI is InChI=1S/C16H23N3O2/c1-12-9-16(2,21-15(12)20)6-3-13-10-18-19(11-13)14-4-7-17-8-5-14/h10-11,14,17H,1,3-9H2,2H3/t16-/m1/s1. The first-order valence-electron chi connectivity index (χ1n) is 7.71. The zero-order chi connectivity index (χ0) is 14.9. The van der Waals surface area contributed by atoms with E-state index >= 15 is 0 Å². The second-order valence-corrected chi connectivity index (χ2v) is 6.43. The number of carbonyl (C=O) groups excluding carboxylic acids is 1. The summed E-state index contributed by atoms with van der Waals surface area (Å²) in [6.45, 7) is 7.87. The minimum atomic E-state index is -0.398. The van der Waals surface area contributed by atoms with E-state index < -0.39 is 5.60 Å². The van der Waals surface area contributed by atoms with Crippen molar-refractivity contribution in [1.82, 2.24) is 15.1 Å². The van der Waals surface area contributed by atoms with Crippen LogP contribution in [-0.4, -0.2) is 34.4 Å². The molecule has 2 fully saturated rings. The maximum atomic E-state index is 11.5. The number of carbonyl (C=O) groups is 1. The van der Waals surface area contributed by atoms with Crippen molar-refractivity contribution in [1.29, 1.82) is 0 Å². The fraction of sp³-hybridized carbons (Fsp3) is 0.625. The molecule has 0 unspecified atom stereocenters. The summed E-state index contributed by atoms with van der Waals surface area (Å²) < 4.78 is 7.53. The molecule has 1 aromatic rings. The second-order valence-electron chi connectivity index (χ2n) is 6.43. The third-order valence-corrected chi connectivity index (χ3v) is 4.50. The molecule has 1 atom stereocenters. The van der Waals surface area contributed by atoms with E-state index in [9.17, 15) is 4.79 Å². The summed E-state index contributed by atoms with van der Waals surface area (Å²) in [5, 5.41) is 7.87. The minimum Gasteiger partial charge on any atom is -0.456 e. The van der Waals surface area contributed by atoms with Gasteiger partial charge in [0.15, 0.2) is 0 Å². The number of piperidine rings is 1. The number of ether oxygens (including phenoxy) is 1. The van der Waals surface area contributed by atoms with Crippen molar-refractivity contribution in [2.24, 2.45) is 0 Å². The van der Waals surface area contributed by atoms with E-state index in [4.69, 9.17) is 4.74 Å². The molecule has 2 aliphatic heterocycles. The van der Waals surface area contributed by atoms with Crippen LogP contribution in [0.4, 0.5) is 0 Å². The number of esters is 1. The van der Waals surface area contributed by atoms with Gasteiger partial charge in [0, 0.05) is 18.2 Å². The Morgan fingerprint density at radius 1 is 1.52 bits per heavy atom. The number of nitrogens with zero attached hydrogens (tertiary/aromatic N) is 2. The molecular weight excluding hydrogens is 266 g/mol. The zero-order valence-corrected chi connectivity index (χ0v) is 12.6. The maximum absolute atomic E-state index is 11.5. The van der Waals surface area contributed by atoms with Gasteiger partial charge in [-0.1, -0.05) is 6.58 Å². The molecule has 0 saturated carbocycles. The lowest BCUT2D eigenvalue weighted by atomic mass is 9.93. The third kappa shape index (κ3) is 3.18. The number of hydrogen-bond donors (Lipinski definition) is 1. The summed E-state index contributed by atoms with van der Waals surface area (Å²) >= 11 is 0. The van der Waals surface area contributed by atoms with Crippen LogP contribution in [0.3, 0.4) is 0 Å². The van der Waals surface area contributed by atoms with Crippen LogP contribution in [0, 0.1) is 0 Å². The highest BCUT2D eigenvalue weighted by atomic mass is 16.6. The summed E-state index contributed by atoms with van der Waals surface area (Å²) in [4.78, 5) is 11.5. The molecule has 0 amide bonds. The van der Waals surface area contributed by atoms with Crippen LogP contribution < -0.4 is 5.32 Å². The zero-order valence-electron chi connectivity index (χ0n) is 12.6. The van der Waals surface area contributed by atoms with Gasteiger partial charge in [-0.25, -0.2) is 4.79 Å². The molecule has 5 nitrogen and oxygen atoms in total. The van der Waals surface area contributed by atoms with E-state index in [0.717, 1.165) is 38.8 Å². The molecule has 0 aliphatic carbocycles. The van der Waals surface area contributed by atoms with Crippen molar-refractivity contribution in [2.75, 3.05) is 13.1 Å². The van der Waals surface area contributed by atoms with Crippen LogP contribution in [-0.2, 0) is 16.0 Å². The molecule has 1 aromatic heterocycles. The average molecular weight is 289 g/mol. The van der Waals surface area contributed by atoms with Crippen LogP contribution in [0.1, 0.15) is 44.2 Å². The van der Waals surface area contributed by atoms with Crippen LogP contribution in [0.25, 0.3) is 0 Å². The Balaban J connectivity index is 1.57. The minimum absolute atomic E-state index is 0.247. The third-order valence-electron chi connectivity index (χ3n) is 4.50. The van der Waals surface area contributed by atoms with Crippen molar-refractivity contribution < 1.29 is 9.53 Å². The normalized spacial score (nSPS) is 27.1. The molecule has 1 N–H and O–H groups in total. The molecule has 5 heteroatoms. The Morgan fingerprint density at radius 2 is 2.29 bits per heavy atom. The van der Waals surface area contributed by atoms with Gasteiger partial charge < -0.3 is 10.1 Å². The molecular formula is C16H23N3O2. The van der Waals surface area contributed by atoms with Gasteiger partial charge in [-0.15, -0.1) is 0 Å². The first-order chi connectivity index (χ1) is 10.1. The van der Waals surface area contributed by atoms with E-state index in [2.05, 4.69) is 27.9 Å². The smallest absolute Gasteiger partial charge is 0.334 e. The van der Waals surface area contributed by atoms with Crippen LogP contribution in [0.2, 0.25) is 0 Å². The van der Waals surface area contributed by atoms with Crippen LogP contribution in [0.5, 0.6) is 0 Å². The van der Waals surface area contributed by atoms with Crippen molar-refractivity contribution in [3.05, 3.63) is 30.1 Å². The highest BCUT2D eigenvalue weighted by Crippen LogP contribution is 2.33. The summed E-state index contributed by atoms with van der Waals surface area (Å²) in [7, 11) is 0. The number of hydrogen-bond acceptors (Lipinski definition) is 4. The number of nitrogens with one attached hydrogen (secondary N) is 1. The average Bonchev–Trinajstić information content (AvgIpc) is 3.04. The summed E-state index contributed by atoms with van der Waals surface area (Å²) in [5.41, 5.74) is 1.40. The second kappa shape index (κ2) is 5.64.